The van der Waals surface area contributed by atoms with Crippen LogP contribution in [-0.2, 0) is 6.54 Å². The van der Waals surface area contributed by atoms with Crippen molar-refractivity contribution in [2.45, 2.75) is 6.54 Å². The third kappa shape index (κ3) is 3.91. The zero-order valence-electron chi connectivity index (χ0n) is 13.1. The second-order valence-corrected chi connectivity index (χ2v) is 5.78. The number of aromatic nitrogens is 1. The molecule has 0 spiro atoms. The highest BCUT2D eigenvalue weighted by molar-refractivity contribution is 7.11. The van der Waals surface area contributed by atoms with Gasteiger partial charge in [-0.2, -0.15) is 0 Å². The zero-order chi connectivity index (χ0) is 16.8. The average Bonchev–Trinajstić information content (AvgIpc) is 3.13. The molecule has 1 N–H and O–H groups in total. The molecule has 1 heterocycles. The summed E-state index contributed by atoms with van der Waals surface area (Å²) >= 11 is 1.41. The van der Waals surface area contributed by atoms with Crippen LogP contribution in [0, 0.1) is 0 Å². The maximum atomic E-state index is 12.2. The third-order valence-corrected chi connectivity index (χ3v) is 4.01. The standard InChI is InChI=1S/C18H16N2O3S/c1-22-16-5-3-2-4-14(16)12-20-17(21)13-6-8-15(9-7-13)23-18-19-10-11-24-18/h2-11H,12H2,1H3,(H,20,21). The Kier molecular flexibility index (Phi) is 5.08. The van der Waals surface area contributed by atoms with Crippen LogP contribution in [0.2, 0.25) is 0 Å². The number of methoxy groups -OCH3 is 1. The highest BCUT2D eigenvalue weighted by Gasteiger charge is 2.08. The number of rotatable bonds is 6. The van der Waals surface area contributed by atoms with Gasteiger partial charge in [0.05, 0.1) is 7.11 Å². The maximum absolute atomic E-state index is 12.2. The monoisotopic (exact) mass is 340 g/mol. The van der Waals surface area contributed by atoms with E-state index >= 15 is 0 Å². The average molecular weight is 340 g/mol. The second-order valence-electron chi connectivity index (χ2n) is 4.92. The first-order valence-electron chi connectivity index (χ1n) is 7.34. The largest absolute Gasteiger partial charge is 0.496 e. The molecule has 0 aliphatic rings. The molecular weight excluding hydrogens is 324 g/mol. The molecule has 0 fully saturated rings. The summed E-state index contributed by atoms with van der Waals surface area (Å²) in [6.07, 6.45) is 1.68. The first kappa shape index (κ1) is 16.0. The van der Waals surface area contributed by atoms with Crippen molar-refractivity contribution in [1.82, 2.24) is 10.3 Å². The lowest BCUT2D eigenvalue weighted by atomic mass is 10.1. The Bertz CT molecular complexity index is 801. The van der Waals surface area contributed by atoms with Crippen molar-refractivity contribution in [3.63, 3.8) is 0 Å². The van der Waals surface area contributed by atoms with E-state index in [1.165, 1.54) is 11.3 Å². The highest BCUT2D eigenvalue weighted by atomic mass is 32.1. The van der Waals surface area contributed by atoms with E-state index in [1.54, 1.807) is 37.6 Å². The molecule has 3 rings (SSSR count). The first-order valence-corrected chi connectivity index (χ1v) is 8.22. The normalized spacial score (nSPS) is 10.2. The van der Waals surface area contributed by atoms with Gasteiger partial charge in [0, 0.05) is 29.2 Å². The minimum absolute atomic E-state index is 0.151. The van der Waals surface area contributed by atoms with Crippen LogP contribution in [0.3, 0.4) is 0 Å². The molecule has 0 aliphatic heterocycles. The van der Waals surface area contributed by atoms with E-state index < -0.39 is 0 Å². The minimum atomic E-state index is -0.151. The lowest BCUT2D eigenvalue weighted by molar-refractivity contribution is 0.0950. The molecule has 1 amide bonds. The van der Waals surface area contributed by atoms with Gasteiger partial charge in [-0.3, -0.25) is 4.79 Å². The summed E-state index contributed by atoms with van der Waals surface area (Å²) in [7, 11) is 1.61. The van der Waals surface area contributed by atoms with Gasteiger partial charge in [-0.15, -0.1) is 0 Å². The molecule has 0 bridgehead atoms. The number of thiazole rings is 1. The Hall–Kier alpha value is -2.86. The number of para-hydroxylation sites is 1. The zero-order valence-corrected chi connectivity index (χ0v) is 13.9. The predicted octanol–water partition coefficient (Wildman–Crippen LogP) is 3.87. The van der Waals surface area contributed by atoms with Crippen LogP contribution in [0.5, 0.6) is 16.7 Å². The van der Waals surface area contributed by atoms with Crippen molar-refractivity contribution < 1.29 is 14.3 Å². The van der Waals surface area contributed by atoms with Crippen LogP contribution in [0.4, 0.5) is 0 Å². The molecule has 6 heteroatoms. The molecule has 0 saturated carbocycles. The van der Waals surface area contributed by atoms with E-state index in [4.69, 9.17) is 9.47 Å². The lowest BCUT2D eigenvalue weighted by Gasteiger charge is -2.10. The summed E-state index contributed by atoms with van der Waals surface area (Å²) in [6, 6.07) is 14.5. The Morgan fingerprint density at radius 2 is 1.96 bits per heavy atom. The van der Waals surface area contributed by atoms with Gasteiger partial charge < -0.3 is 14.8 Å². The Morgan fingerprint density at radius 1 is 1.17 bits per heavy atom. The Balaban J connectivity index is 1.60. The summed E-state index contributed by atoms with van der Waals surface area (Å²) in [6.45, 7) is 0.403. The van der Waals surface area contributed by atoms with Gasteiger partial charge in [0.25, 0.3) is 11.1 Å². The fraction of sp³-hybridized carbons (Fsp3) is 0.111. The molecule has 1 aromatic heterocycles. The third-order valence-electron chi connectivity index (χ3n) is 3.36. The highest BCUT2D eigenvalue weighted by Crippen LogP contribution is 2.23. The summed E-state index contributed by atoms with van der Waals surface area (Å²) in [4.78, 5) is 16.3. The van der Waals surface area contributed by atoms with Gasteiger partial charge in [0.2, 0.25) is 0 Å². The van der Waals surface area contributed by atoms with E-state index in [9.17, 15) is 4.79 Å². The topological polar surface area (TPSA) is 60.5 Å². The van der Waals surface area contributed by atoms with Crippen molar-refractivity contribution >= 4 is 17.2 Å². The first-order chi connectivity index (χ1) is 11.8. The van der Waals surface area contributed by atoms with E-state index in [2.05, 4.69) is 10.3 Å². The van der Waals surface area contributed by atoms with Crippen LogP contribution < -0.4 is 14.8 Å². The molecule has 0 saturated heterocycles. The van der Waals surface area contributed by atoms with Gasteiger partial charge in [0.15, 0.2) is 0 Å². The molecule has 0 atom stereocenters. The van der Waals surface area contributed by atoms with Crippen molar-refractivity contribution in [3.8, 4) is 16.7 Å². The van der Waals surface area contributed by atoms with Crippen LogP contribution in [0.25, 0.3) is 0 Å². The Morgan fingerprint density at radius 3 is 2.67 bits per heavy atom. The fourth-order valence-corrected chi connectivity index (χ4v) is 2.67. The SMILES string of the molecule is COc1ccccc1CNC(=O)c1ccc(Oc2nccs2)cc1. The second kappa shape index (κ2) is 7.61. The van der Waals surface area contributed by atoms with Gasteiger partial charge in [-0.25, -0.2) is 4.98 Å². The Labute approximate surface area is 143 Å². The maximum Gasteiger partial charge on any atom is 0.278 e. The summed E-state index contributed by atoms with van der Waals surface area (Å²) in [5, 5.41) is 5.30. The van der Waals surface area contributed by atoms with Crippen molar-refractivity contribution in [3.05, 3.63) is 71.2 Å². The fourth-order valence-electron chi connectivity index (χ4n) is 2.16. The number of nitrogens with zero attached hydrogens (tertiary/aromatic N) is 1. The summed E-state index contributed by atoms with van der Waals surface area (Å²) in [5.41, 5.74) is 1.49. The molecular formula is C18H16N2O3S. The van der Waals surface area contributed by atoms with E-state index in [0.717, 1.165) is 11.3 Å². The van der Waals surface area contributed by atoms with E-state index in [1.807, 2.05) is 29.6 Å². The van der Waals surface area contributed by atoms with Crippen molar-refractivity contribution in [2.75, 3.05) is 7.11 Å². The lowest BCUT2D eigenvalue weighted by Crippen LogP contribution is -2.22. The van der Waals surface area contributed by atoms with Crippen molar-refractivity contribution in [1.29, 1.82) is 0 Å². The molecule has 24 heavy (non-hydrogen) atoms. The summed E-state index contributed by atoms with van der Waals surface area (Å²) in [5.74, 6) is 1.25. The van der Waals surface area contributed by atoms with Crippen LogP contribution in [0.1, 0.15) is 15.9 Å². The number of hydrogen-bond acceptors (Lipinski definition) is 5. The number of carbonyl (C=O) groups excluding carboxylic acids is 1. The number of nitrogens with one attached hydrogen (secondary N) is 1. The minimum Gasteiger partial charge on any atom is -0.496 e. The van der Waals surface area contributed by atoms with Gasteiger partial charge in [-0.1, -0.05) is 29.5 Å². The molecule has 2 aromatic carbocycles. The predicted molar refractivity (Wildman–Crippen MR) is 92.8 cm³/mol. The number of benzene rings is 2. The number of hydrogen-bond donors (Lipinski definition) is 1. The molecule has 0 radical (unpaired) electrons. The molecule has 5 nitrogen and oxygen atoms in total. The molecule has 0 aliphatic carbocycles. The summed E-state index contributed by atoms with van der Waals surface area (Å²) < 4.78 is 10.8. The van der Waals surface area contributed by atoms with Gasteiger partial charge in [-0.05, 0) is 30.3 Å². The molecule has 0 unspecified atom stereocenters. The number of carbonyl (C=O) groups is 1. The number of amides is 1. The molecule has 122 valence electrons. The van der Waals surface area contributed by atoms with Crippen molar-refractivity contribution in [2.24, 2.45) is 0 Å². The quantitative estimate of drug-likeness (QED) is 0.740. The molecule has 3 aromatic rings. The van der Waals surface area contributed by atoms with Crippen LogP contribution in [-0.4, -0.2) is 18.0 Å². The number of ether oxygens (including phenoxy) is 2. The van der Waals surface area contributed by atoms with Gasteiger partial charge >= 0.3 is 0 Å². The van der Waals surface area contributed by atoms with E-state index in [0.29, 0.717) is 23.1 Å². The van der Waals surface area contributed by atoms with Gasteiger partial charge in [0.1, 0.15) is 11.5 Å². The van der Waals surface area contributed by atoms with Crippen LogP contribution in [0.15, 0.2) is 60.1 Å². The smallest absolute Gasteiger partial charge is 0.278 e. The van der Waals surface area contributed by atoms with Crippen LogP contribution >= 0.6 is 11.3 Å². The van der Waals surface area contributed by atoms with E-state index in [-0.39, 0.29) is 5.91 Å².